The Morgan fingerprint density at radius 1 is 1.39 bits per heavy atom. The number of hydrogen-bond donors (Lipinski definition) is 0. The van der Waals surface area contributed by atoms with Crippen LogP contribution < -0.4 is 4.90 Å². The van der Waals surface area contributed by atoms with E-state index in [0.717, 1.165) is 17.3 Å². The molecule has 0 saturated heterocycles. The van der Waals surface area contributed by atoms with Gasteiger partial charge in [0.15, 0.2) is 0 Å². The highest BCUT2D eigenvalue weighted by Gasteiger charge is 2.11. The van der Waals surface area contributed by atoms with Gasteiger partial charge in [-0.3, -0.25) is 9.69 Å². The van der Waals surface area contributed by atoms with E-state index in [-0.39, 0.29) is 5.91 Å². The minimum absolute atomic E-state index is 0.133. The monoisotopic (exact) mass is 312 g/mol. The molecule has 4 heteroatoms. The molecule has 100 valence electrons. The Kier molecular flexibility index (Phi) is 6.33. The number of amides is 1. The van der Waals surface area contributed by atoms with Crippen molar-refractivity contribution in [3.8, 4) is 0 Å². The fourth-order valence-electron chi connectivity index (χ4n) is 1.69. The molecule has 0 aromatic carbocycles. The maximum absolute atomic E-state index is 11.9. The van der Waals surface area contributed by atoms with E-state index in [1.165, 1.54) is 6.42 Å². The normalized spacial score (nSPS) is 10.7. The van der Waals surface area contributed by atoms with Crippen molar-refractivity contribution in [2.75, 3.05) is 11.9 Å². The van der Waals surface area contributed by atoms with Crippen LogP contribution in [0, 0.1) is 5.92 Å². The van der Waals surface area contributed by atoms with Crippen molar-refractivity contribution >= 4 is 27.7 Å². The number of hydrogen-bond acceptors (Lipinski definition) is 2. The van der Waals surface area contributed by atoms with E-state index in [2.05, 4.69) is 34.8 Å². The molecule has 1 amide bonds. The second-order valence-electron chi connectivity index (χ2n) is 4.93. The highest BCUT2D eigenvalue weighted by molar-refractivity contribution is 9.10. The first-order valence-electron chi connectivity index (χ1n) is 6.39. The van der Waals surface area contributed by atoms with Gasteiger partial charge in [-0.1, -0.05) is 26.7 Å². The molecule has 0 aliphatic carbocycles. The standard InChI is InChI=1S/C14H21BrN2O/c1-11(2)6-4-5-7-14(18)17(3)13-9-8-12(15)10-16-13/h8-11H,4-7H2,1-3H3. The van der Waals surface area contributed by atoms with Crippen molar-refractivity contribution in [1.29, 1.82) is 0 Å². The number of rotatable bonds is 6. The molecule has 0 radical (unpaired) electrons. The van der Waals surface area contributed by atoms with E-state index in [4.69, 9.17) is 0 Å². The zero-order chi connectivity index (χ0) is 13.5. The lowest BCUT2D eigenvalue weighted by atomic mass is 10.1. The summed E-state index contributed by atoms with van der Waals surface area (Å²) < 4.78 is 0.920. The summed E-state index contributed by atoms with van der Waals surface area (Å²) in [5.74, 6) is 1.55. The van der Waals surface area contributed by atoms with Crippen molar-refractivity contribution in [3.05, 3.63) is 22.8 Å². The molecule has 0 aliphatic heterocycles. The van der Waals surface area contributed by atoms with Crippen LogP contribution in [0.15, 0.2) is 22.8 Å². The van der Waals surface area contributed by atoms with Crippen molar-refractivity contribution < 1.29 is 4.79 Å². The first kappa shape index (κ1) is 15.2. The first-order valence-corrected chi connectivity index (χ1v) is 7.18. The minimum atomic E-state index is 0.133. The van der Waals surface area contributed by atoms with Crippen molar-refractivity contribution in [2.24, 2.45) is 5.92 Å². The fourth-order valence-corrected chi connectivity index (χ4v) is 1.93. The molecule has 1 heterocycles. The van der Waals surface area contributed by atoms with Crippen LogP contribution in [0.1, 0.15) is 39.5 Å². The Bertz CT molecular complexity index is 376. The molecule has 1 rings (SSSR count). The van der Waals surface area contributed by atoms with Gasteiger partial charge in [0.05, 0.1) is 0 Å². The molecule has 1 aromatic heterocycles. The first-order chi connectivity index (χ1) is 8.50. The predicted molar refractivity (Wildman–Crippen MR) is 78.7 cm³/mol. The largest absolute Gasteiger partial charge is 0.300 e. The molecular weight excluding hydrogens is 292 g/mol. The Balaban J connectivity index is 2.39. The number of anilines is 1. The van der Waals surface area contributed by atoms with E-state index in [1.54, 1.807) is 18.1 Å². The van der Waals surface area contributed by atoms with Crippen LogP contribution in [0.4, 0.5) is 5.82 Å². The molecule has 0 unspecified atom stereocenters. The van der Waals surface area contributed by atoms with E-state index >= 15 is 0 Å². The lowest BCUT2D eigenvalue weighted by Gasteiger charge is -2.16. The third-order valence-corrected chi connectivity index (χ3v) is 3.32. The van der Waals surface area contributed by atoms with Gasteiger partial charge in [0.1, 0.15) is 5.82 Å². The van der Waals surface area contributed by atoms with Crippen molar-refractivity contribution in [2.45, 2.75) is 39.5 Å². The molecule has 0 spiro atoms. The van der Waals surface area contributed by atoms with E-state index in [9.17, 15) is 4.79 Å². The zero-order valence-electron chi connectivity index (χ0n) is 11.3. The van der Waals surface area contributed by atoms with Gasteiger partial charge in [-0.25, -0.2) is 4.98 Å². The molecule has 1 aromatic rings. The summed E-state index contributed by atoms with van der Waals surface area (Å²) in [6, 6.07) is 3.74. The Hall–Kier alpha value is -0.900. The summed E-state index contributed by atoms with van der Waals surface area (Å²) in [6.45, 7) is 4.42. The lowest BCUT2D eigenvalue weighted by molar-refractivity contribution is -0.118. The van der Waals surface area contributed by atoms with E-state index in [1.807, 2.05) is 12.1 Å². The number of nitrogens with zero attached hydrogens (tertiary/aromatic N) is 2. The van der Waals surface area contributed by atoms with Gasteiger partial charge in [-0.05, 0) is 40.4 Å². The summed E-state index contributed by atoms with van der Waals surface area (Å²) in [4.78, 5) is 17.8. The number of carbonyl (C=O) groups is 1. The summed E-state index contributed by atoms with van der Waals surface area (Å²) in [5, 5.41) is 0. The van der Waals surface area contributed by atoms with E-state index in [0.29, 0.717) is 18.2 Å². The molecule has 0 aliphatic rings. The van der Waals surface area contributed by atoms with Crippen LogP contribution in [-0.4, -0.2) is 17.9 Å². The summed E-state index contributed by atoms with van der Waals surface area (Å²) in [5.41, 5.74) is 0. The number of halogens is 1. The van der Waals surface area contributed by atoms with Crippen molar-refractivity contribution in [1.82, 2.24) is 4.98 Å². The lowest BCUT2D eigenvalue weighted by Crippen LogP contribution is -2.26. The van der Waals surface area contributed by atoms with Gasteiger partial charge in [-0.15, -0.1) is 0 Å². The quantitative estimate of drug-likeness (QED) is 0.743. The van der Waals surface area contributed by atoms with E-state index < -0.39 is 0 Å². The Morgan fingerprint density at radius 3 is 2.67 bits per heavy atom. The molecule has 0 atom stereocenters. The molecule has 0 N–H and O–H groups in total. The van der Waals surface area contributed by atoms with Crippen LogP contribution in [0.3, 0.4) is 0 Å². The van der Waals surface area contributed by atoms with Crippen LogP contribution in [-0.2, 0) is 4.79 Å². The second kappa shape index (κ2) is 7.52. The SMILES string of the molecule is CC(C)CCCCC(=O)N(C)c1ccc(Br)cn1. The summed E-state index contributed by atoms with van der Waals surface area (Å²) in [7, 11) is 1.78. The topological polar surface area (TPSA) is 33.2 Å². The number of aromatic nitrogens is 1. The van der Waals surface area contributed by atoms with Gasteiger partial charge >= 0.3 is 0 Å². The molecule has 0 fully saturated rings. The van der Waals surface area contributed by atoms with Crippen LogP contribution in [0.2, 0.25) is 0 Å². The number of unbranched alkanes of at least 4 members (excludes halogenated alkanes) is 1. The maximum Gasteiger partial charge on any atom is 0.227 e. The van der Waals surface area contributed by atoms with Gasteiger partial charge in [-0.2, -0.15) is 0 Å². The molecule has 18 heavy (non-hydrogen) atoms. The van der Waals surface area contributed by atoms with Crippen LogP contribution in [0.25, 0.3) is 0 Å². The third-order valence-electron chi connectivity index (χ3n) is 2.85. The minimum Gasteiger partial charge on any atom is -0.300 e. The smallest absolute Gasteiger partial charge is 0.227 e. The zero-order valence-corrected chi connectivity index (χ0v) is 12.9. The molecular formula is C14H21BrN2O. The third kappa shape index (κ3) is 5.17. The average Bonchev–Trinajstić information content (AvgIpc) is 2.34. The van der Waals surface area contributed by atoms with Crippen molar-refractivity contribution in [3.63, 3.8) is 0 Å². The van der Waals surface area contributed by atoms with Gasteiger partial charge in [0.25, 0.3) is 0 Å². The van der Waals surface area contributed by atoms with Gasteiger partial charge in [0, 0.05) is 24.1 Å². The van der Waals surface area contributed by atoms with Gasteiger partial charge < -0.3 is 0 Å². The maximum atomic E-state index is 11.9. The Morgan fingerprint density at radius 2 is 2.11 bits per heavy atom. The van der Waals surface area contributed by atoms with Gasteiger partial charge in [0.2, 0.25) is 5.91 Å². The second-order valence-corrected chi connectivity index (χ2v) is 5.84. The highest BCUT2D eigenvalue weighted by Crippen LogP contribution is 2.15. The molecule has 3 nitrogen and oxygen atoms in total. The average molecular weight is 313 g/mol. The molecule has 0 bridgehead atoms. The predicted octanol–water partition coefficient (Wildman–Crippen LogP) is 4.02. The summed E-state index contributed by atoms with van der Waals surface area (Å²) in [6.07, 6.45) is 5.56. The van der Waals surface area contributed by atoms with Crippen LogP contribution >= 0.6 is 15.9 Å². The number of carbonyl (C=O) groups excluding carboxylic acids is 1. The highest BCUT2D eigenvalue weighted by atomic mass is 79.9. The fraction of sp³-hybridized carbons (Fsp3) is 0.571. The van der Waals surface area contributed by atoms with Crippen LogP contribution in [0.5, 0.6) is 0 Å². The Labute approximate surface area is 118 Å². The molecule has 0 saturated carbocycles. The summed E-state index contributed by atoms with van der Waals surface area (Å²) >= 11 is 3.33. The number of pyridine rings is 1.